The summed E-state index contributed by atoms with van der Waals surface area (Å²) in [4.78, 5) is 22.5. The van der Waals surface area contributed by atoms with Crippen molar-refractivity contribution >= 4 is 39.1 Å². The number of amides is 1. The van der Waals surface area contributed by atoms with Gasteiger partial charge in [0.2, 0.25) is 10.0 Å². The van der Waals surface area contributed by atoms with Crippen LogP contribution in [-0.2, 0) is 14.8 Å². The average Bonchev–Trinajstić information content (AvgIpc) is 3.05. The van der Waals surface area contributed by atoms with Crippen LogP contribution in [0.1, 0.15) is 5.56 Å². The molecule has 33 heavy (non-hydrogen) atoms. The van der Waals surface area contributed by atoms with Crippen molar-refractivity contribution in [1.82, 2.24) is 0 Å². The van der Waals surface area contributed by atoms with Gasteiger partial charge in [0.25, 0.3) is 11.6 Å². The Morgan fingerprint density at radius 3 is 2.30 bits per heavy atom. The fraction of sp³-hybridized carbons (Fsp3) is 0.111. The maximum Gasteiger partial charge on any atom is 0.435 e. The topological polar surface area (TPSA) is 168 Å². The molecule has 0 saturated carbocycles. The number of ether oxygens (including phenoxy) is 1. The molecule has 0 bridgehead atoms. The molecule has 0 atom stereocenters. The highest BCUT2D eigenvalue weighted by Crippen LogP contribution is 2.37. The number of rotatable bonds is 5. The highest BCUT2D eigenvalue weighted by molar-refractivity contribution is 7.89. The van der Waals surface area contributed by atoms with Crippen LogP contribution in [-0.4, -0.2) is 38.2 Å². The molecule has 2 N–H and O–H groups in total. The number of nitrogens with zero attached hydrogens (tertiary/aromatic N) is 3. The molecule has 174 valence electrons. The van der Waals surface area contributed by atoms with E-state index in [0.29, 0.717) is 17.2 Å². The van der Waals surface area contributed by atoms with Gasteiger partial charge in [-0.3, -0.25) is 14.9 Å². The summed E-state index contributed by atoms with van der Waals surface area (Å²) in [6, 6.07) is 5.64. The minimum atomic E-state index is -5.09. The Labute approximate surface area is 183 Å². The fourth-order valence-corrected chi connectivity index (χ4v) is 3.37. The van der Waals surface area contributed by atoms with Crippen LogP contribution in [0.4, 0.5) is 24.5 Å². The number of alkyl halides is 3. The number of hydrogen-bond donors (Lipinski definition) is 1. The zero-order chi connectivity index (χ0) is 24.7. The SMILES string of the molecule is COc1cc(/C=C2\C(=O)N(c3ccc(S(N)(=O)=O)cc3)N=C2C(F)(F)F)cc([N+](=O)[O-])c1[O-]. The van der Waals surface area contributed by atoms with E-state index in [2.05, 4.69) is 5.10 Å². The zero-order valence-electron chi connectivity index (χ0n) is 16.4. The number of methoxy groups -OCH3 is 1. The van der Waals surface area contributed by atoms with Gasteiger partial charge in [-0.05, 0) is 42.0 Å². The number of nitro groups is 1. The summed E-state index contributed by atoms with van der Waals surface area (Å²) < 4.78 is 68.2. The number of hydrazone groups is 1. The Morgan fingerprint density at radius 1 is 1.21 bits per heavy atom. The Hall–Kier alpha value is -3.98. The van der Waals surface area contributed by atoms with Crippen molar-refractivity contribution in [2.75, 3.05) is 12.1 Å². The minimum Gasteiger partial charge on any atom is -0.865 e. The Balaban J connectivity index is 2.12. The highest BCUT2D eigenvalue weighted by atomic mass is 32.2. The van der Waals surface area contributed by atoms with Gasteiger partial charge < -0.3 is 9.84 Å². The third-order valence-electron chi connectivity index (χ3n) is 4.34. The van der Waals surface area contributed by atoms with Crippen LogP contribution in [0.2, 0.25) is 0 Å². The number of carbonyl (C=O) groups is 1. The molecule has 1 aliphatic heterocycles. The summed E-state index contributed by atoms with van der Waals surface area (Å²) >= 11 is 0. The Bertz CT molecular complexity index is 1320. The van der Waals surface area contributed by atoms with Crippen LogP contribution in [0.3, 0.4) is 0 Å². The molecule has 0 unspecified atom stereocenters. The summed E-state index contributed by atoms with van der Waals surface area (Å²) in [5.41, 5.74) is -4.02. The van der Waals surface area contributed by atoms with Gasteiger partial charge in [-0.15, -0.1) is 0 Å². The predicted octanol–water partition coefficient (Wildman–Crippen LogP) is 1.67. The molecule has 0 saturated heterocycles. The molecule has 0 fully saturated rings. The van der Waals surface area contributed by atoms with E-state index in [-0.39, 0.29) is 16.1 Å². The Kier molecular flexibility index (Phi) is 5.87. The maximum atomic E-state index is 13.6. The first-order valence-corrected chi connectivity index (χ1v) is 10.2. The first kappa shape index (κ1) is 23.7. The molecule has 0 radical (unpaired) electrons. The number of carbonyl (C=O) groups excluding carboxylic acids is 1. The van der Waals surface area contributed by atoms with Crippen molar-refractivity contribution in [3.8, 4) is 11.5 Å². The molecule has 15 heteroatoms. The number of halogens is 3. The van der Waals surface area contributed by atoms with E-state index in [4.69, 9.17) is 9.88 Å². The number of anilines is 1. The molecular weight excluding hydrogens is 473 g/mol. The van der Waals surface area contributed by atoms with Crippen molar-refractivity contribution in [2.24, 2.45) is 10.2 Å². The lowest BCUT2D eigenvalue weighted by Crippen LogP contribution is -2.25. The van der Waals surface area contributed by atoms with E-state index in [1.165, 1.54) is 0 Å². The lowest BCUT2D eigenvalue weighted by Gasteiger charge is -2.14. The van der Waals surface area contributed by atoms with Gasteiger partial charge >= 0.3 is 6.18 Å². The molecule has 1 heterocycles. The van der Waals surface area contributed by atoms with Crippen LogP contribution in [0.5, 0.6) is 11.5 Å². The molecule has 1 amide bonds. The number of nitro benzene ring substituents is 1. The maximum absolute atomic E-state index is 13.6. The number of hydrogen-bond acceptors (Lipinski definition) is 8. The zero-order valence-corrected chi connectivity index (χ0v) is 17.2. The smallest absolute Gasteiger partial charge is 0.435 e. The predicted molar refractivity (Wildman–Crippen MR) is 106 cm³/mol. The summed E-state index contributed by atoms with van der Waals surface area (Å²) in [5, 5.41) is 31.7. The van der Waals surface area contributed by atoms with E-state index >= 15 is 0 Å². The van der Waals surface area contributed by atoms with Crippen LogP contribution in [0.25, 0.3) is 6.08 Å². The minimum absolute atomic E-state index is 0.198. The van der Waals surface area contributed by atoms with Crippen molar-refractivity contribution in [3.63, 3.8) is 0 Å². The standard InChI is InChI=1S/C18H13F3N4O7S/c1-32-14-8-9(7-13(15(14)26)25(28)29)6-12-16(18(19,20)21)23-24(17(12)27)10-2-4-11(5-3-10)33(22,30)31/h2-8,26H,1H3,(H2,22,30,31)/p-1/b12-6-. The van der Waals surface area contributed by atoms with Gasteiger partial charge in [-0.1, -0.05) is 0 Å². The van der Waals surface area contributed by atoms with Crippen LogP contribution in [0, 0.1) is 10.1 Å². The summed E-state index contributed by atoms with van der Waals surface area (Å²) in [7, 11) is -3.05. The van der Waals surface area contributed by atoms with E-state index in [9.17, 15) is 41.6 Å². The van der Waals surface area contributed by atoms with Crippen LogP contribution >= 0.6 is 0 Å². The van der Waals surface area contributed by atoms with Gasteiger partial charge in [0.1, 0.15) is 5.75 Å². The highest BCUT2D eigenvalue weighted by Gasteiger charge is 2.46. The molecule has 2 aromatic carbocycles. The average molecular weight is 485 g/mol. The number of nitrogens with two attached hydrogens (primary N) is 1. The van der Waals surface area contributed by atoms with Gasteiger partial charge in [-0.2, -0.15) is 23.3 Å². The lowest BCUT2D eigenvalue weighted by atomic mass is 10.0. The molecule has 0 spiro atoms. The summed E-state index contributed by atoms with van der Waals surface area (Å²) in [5.74, 6) is -2.86. The molecule has 0 aliphatic carbocycles. The molecule has 1 aliphatic rings. The van der Waals surface area contributed by atoms with Gasteiger partial charge in [0.05, 0.1) is 28.2 Å². The van der Waals surface area contributed by atoms with Crippen molar-refractivity contribution in [2.45, 2.75) is 11.1 Å². The van der Waals surface area contributed by atoms with Crippen molar-refractivity contribution in [1.29, 1.82) is 0 Å². The number of benzene rings is 2. The molecule has 2 aromatic rings. The molecule has 3 rings (SSSR count). The van der Waals surface area contributed by atoms with Crippen LogP contribution < -0.4 is 20.0 Å². The summed E-state index contributed by atoms with van der Waals surface area (Å²) in [6.07, 6.45) is -4.41. The second-order valence-corrected chi connectivity index (χ2v) is 8.05. The van der Waals surface area contributed by atoms with Crippen molar-refractivity contribution < 1.29 is 41.2 Å². The quantitative estimate of drug-likeness (QED) is 0.382. The Morgan fingerprint density at radius 2 is 1.82 bits per heavy atom. The largest absolute Gasteiger partial charge is 0.865 e. The van der Waals surface area contributed by atoms with E-state index in [1.807, 2.05) is 0 Å². The molecule has 0 aromatic heterocycles. The molecular formula is C18H12F3N4O7S-. The third-order valence-corrected chi connectivity index (χ3v) is 5.27. The normalized spacial score (nSPS) is 15.7. The van der Waals surface area contributed by atoms with Gasteiger partial charge in [0, 0.05) is 11.8 Å². The monoisotopic (exact) mass is 485 g/mol. The number of primary sulfonamides is 1. The fourth-order valence-electron chi connectivity index (χ4n) is 2.85. The van der Waals surface area contributed by atoms with Gasteiger partial charge in [0.15, 0.2) is 5.71 Å². The second-order valence-electron chi connectivity index (χ2n) is 6.49. The van der Waals surface area contributed by atoms with Gasteiger partial charge in [-0.25, -0.2) is 13.6 Å². The van der Waals surface area contributed by atoms with Crippen LogP contribution in [0.15, 0.2) is 52.0 Å². The first-order chi connectivity index (χ1) is 15.2. The number of sulfonamides is 1. The molecule has 11 nitrogen and oxygen atoms in total. The van der Waals surface area contributed by atoms with E-state index < -0.39 is 55.5 Å². The third kappa shape index (κ3) is 4.63. The van der Waals surface area contributed by atoms with Crippen molar-refractivity contribution in [3.05, 3.63) is 57.6 Å². The first-order valence-electron chi connectivity index (χ1n) is 8.62. The summed E-state index contributed by atoms with van der Waals surface area (Å²) in [6.45, 7) is 0. The van der Waals surface area contributed by atoms with E-state index in [1.54, 1.807) is 0 Å². The van der Waals surface area contributed by atoms with E-state index in [0.717, 1.165) is 37.4 Å². The lowest BCUT2D eigenvalue weighted by molar-refractivity contribution is -0.398. The second kappa shape index (κ2) is 8.18.